The minimum atomic E-state index is 0.598. The van der Waals surface area contributed by atoms with Crippen LogP contribution in [0.3, 0.4) is 0 Å². The lowest BCUT2D eigenvalue weighted by Gasteiger charge is -2.27. The first-order chi connectivity index (χ1) is 5.42. The standard InChI is InChI=1S/C7H11N3S/c8-1-6-2-9-5-10(6)7-3-11-4-7/h2,5,7H,1,3-4,8H2. The van der Waals surface area contributed by atoms with Crippen molar-refractivity contribution in [2.45, 2.75) is 12.6 Å². The van der Waals surface area contributed by atoms with Crippen LogP contribution in [0.1, 0.15) is 11.7 Å². The predicted octanol–water partition coefficient (Wildman–Crippen LogP) is 0.630. The molecule has 2 heterocycles. The zero-order chi connectivity index (χ0) is 7.68. The fourth-order valence-corrected chi connectivity index (χ4v) is 1.97. The van der Waals surface area contributed by atoms with E-state index >= 15 is 0 Å². The van der Waals surface area contributed by atoms with Gasteiger partial charge in [-0.25, -0.2) is 4.98 Å². The summed E-state index contributed by atoms with van der Waals surface area (Å²) in [6.07, 6.45) is 3.73. The maximum atomic E-state index is 5.54. The Labute approximate surface area is 70.0 Å². The molecule has 1 saturated heterocycles. The van der Waals surface area contributed by atoms with Crippen molar-refractivity contribution in [1.82, 2.24) is 9.55 Å². The van der Waals surface area contributed by atoms with Crippen molar-refractivity contribution in [3.05, 3.63) is 18.2 Å². The molecule has 0 saturated carbocycles. The third kappa shape index (κ3) is 1.16. The number of thioether (sulfide) groups is 1. The monoisotopic (exact) mass is 169 g/mol. The average Bonchev–Trinajstić information content (AvgIpc) is 2.32. The highest BCUT2D eigenvalue weighted by Gasteiger charge is 2.21. The van der Waals surface area contributed by atoms with Crippen LogP contribution in [0.4, 0.5) is 0 Å². The Morgan fingerprint density at radius 2 is 2.55 bits per heavy atom. The van der Waals surface area contributed by atoms with Gasteiger partial charge in [-0.2, -0.15) is 11.8 Å². The molecule has 0 aliphatic carbocycles. The Bertz CT molecular complexity index is 242. The fraction of sp³-hybridized carbons (Fsp3) is 0.571. The molecule has 0 atom stereocenters. The number of hydrogen-bond donors (Lipinski definition) is 1. The summed E-state index contributed by atoms with van der Waals surface area (Å²) >= 11 is 1.97. The highest BCUT2D eigenvalue weighted by molar-refractivity contribution is 8.00. The van der Waals surface area contributed by atoms with E-state index in [4.69, 9.17) is 5.73 Å². The third-order valence-corrected chi connectivity index (χ3v) is 3.21. The maximum absolute atomic E-state index is 5.54. The second kappa shape index (κ2) is 2.87. The molecule has 2 rings (SSSR count). The molecule has 1 aliphatic rings. The highest BCUT2D eigenvalue weighted by atomic mass is 32.2. The minimum absolute atomic E-state index is 0.598. The lowest BCUT2D eigenvalue weighted by molar-refractivity contribution is 0.568. The van der Waals surface area contributed by atoms with Gasteiger partial charge >= 0.3 is 0 Å². The van der Waals surface area contributed by atoms with Crippen LogP contribution >= 0.6 is 11.8 Å². The van der Waals surface area contributed by atoms with Crippen LogP contribution < -0.4 is 5.73 Å². The number of nitrogens with two attached hydrogens (primary N) is 1. The van der Waals surface area contributed by atoms with Gasteiger partial charge in [0.15, 0.2) is 0 Å². The number of rotatable bonds is 2. The van der Waals surface area contributed by atoms with Gasteiger partial charge in [0.25, 0.3) is 0 Å². The minimum Gasteiger partial charge on any atom is -0.329 e. The van der Waals surface area contributed by atoms with Gasteiger partial charge in [0.1, 0.15) is 0 Å². The summed E-state index contributed by atoms with van der Waals surface area (Å²) < 4.78 is 2.19. The van der Waals surface area contributed by atoms with E-state index in [1.54, 1.807) is 0 Å². The molecule has 1 aliphatic heterocycles. The van der Waals surface area contributed by atoms with E-state index in [-0.39, 0.29) is 0 Å². The van der Waals surface area contributed by atoms with Gasteiger partial charge in [0.2, 0.25) is 0 Å². The fourth-order valence-electron chi connectivity index (χ4n) is 1.20. The van der Waals surface area contributed by atoms with Crippen LogP contribution in [0.25, 0.3) is 0 Å². The van der Waals surface area contributed by atoms with E-state index in [1.165, 1.54) is 11.5 Å². The van der Waals surface area contributed by atoms with Crippen LogP contribution in [0.15, 0.2) is 12.5 Å². The first-order valence-electron chi connectivity index (χ1n) is 3.70. The number of hydrogen-bond acceptors (Lipinski definition) is 3. The summed E-state index contributed by atoms with van der Waals surface area (Å²) in [5.41, 5.74) is 6.69. The first-order valence-corrected chi connectivity index (χ1v) is 4.86. The van der Waals surface area contributed by atoms with Crippen molar-refractivity contribution in [3.8, 4) is 0 Å². The molecule has 0 radical (unpaired) electrons. The van der Waals surface area contributed by atoms with E-state index in [2.05, 4.69) is 9.55 Å². The lowest BCUT2D eigenvalue weighted by atomic mass is 10.3. The zero-order valence-corrected chi connectivity index (χ0v) is 7.05. The number of nitrogens with zero attached hydrogens (tertiary/aromatic N) is 2. The molecule has 1 aromatic heterocycles. The summed E-state index contributed by atoms with van der Waals surface area (Å²) in [5, 5.41) is 0. The van der Waals surface area contributed by atoms with Crippen LogP contribution in [0, 0.1) is 0 Å². The summed E-state index contributed by atoms with van der Waals surface area (Å²) in [7, 11) is 0. The molecule has 0 amide bonds. The molecule has 11 heavy (non-hydrogen) atoms. The van der Waals surface area contributed by atoms with E-state index in [0.29, 0.717) is 12.6 Å². The molecule has 1 fully saturated rings. The Morgan fingerprint density at radius 1 is 1.73 bits per heavy atom. The van der Waals surface area contributed by atoms with E-state index in [0.717, 1.165) is 5.69 Å². The van der Waals surface area contributed by atoms with Crippen molar-refractivity contribution in [2.75, 3.05) is 11.5 Å². The molecular formula is C7H11N3S. The highest BCUT2D eigenvalue weighted by Crippen LogP contribution is 2.29. The molecule has 0 bridgehead atoms. The molecular weight excluding hydrogens is 158 g/mol. The van der Waals surface area contributed by atoms with E-state index < -0.39 is 0 Å². The lowest BCUT2D eigenvalue weighted by Crippen LogP contribution is -2.24. The molecule has 1 aromatic rings. The van der Waals surface area contributed by atoms with Crippen molar-refractivity contribution in [2.24, 2.45) is 5.73 Å². The summed E-state index contributed by atoms with van der Waals surface area (Å²) in [6.45, 7) is 0.598. The molecule has 3 nitrogen and oxygen atoms in total. The van der Waals surface area contributed by atoms with Gasteiger partial charge in [0, 0.05) is 24.2 Å². The maximum Gasteiger partial charge on any atom is 0.0951 e. The normalized spacial score (nSPS) is 18.3. The van der Waals surface area contributed by atoms with E-state index in [1.807, 2.05) is 24.3 Å². The van der Waals surface area contributed by atoms with Gasteiger partial charge in [0.05, 0.1) is 18.1 Å². The third-order valence-electron chi connectivity index (χ3n) is 1.97. The zero-order valence-electron chi connectivity index (χ0n) is 6.23. The van der Waals surface area contributed by atoms with Crippen LogP contribution in [0.2, 0.25) is 0 Å². The van der Waals surface area contributed by atoms with Gasteiger partial charge in [-0.3, -0.25) is 0 Å². The van der Waals surface area contributed by atoms with Gasteiger partial charge in [-0.1, -0.05) is 0 Å². The summed E-state index contributed by atoms with van der Waals surface area (Å²) in [6, 6.07) is 0.654. The Kier molecular flexibility index (Phi) is 1.87. The summed E-state index contributed by atoms with van der Waals surface area (Å²) in [4.78, 5) is 4.07. The van der Waals surface area contributed by atoms with Crippen molar-refractivity contribution in [1.29, 1.82) is 0 Å². The number of imidazole rings is 1. The van der Waals surface area contributed by atoms with Crippen LogP contribution in [-0.2, 0) is 6.54 Å². The second-order valence-corrected chi connectivity index (χ2v) is 3.76. The van der Waals surface area contributed by atoms with Crippen LogP contribution in [-0.4, -0.2) is 21.1 Å². The van der Waals surface area contributed by atoms with Crippen molar-refractivity contribution in [3.63, 3.8) is 0 Å². The first kappa shape index (κ1) is 7.18. The van der Waals surface area contributed by atoms with Crippen LogP contribution in [0.5, 0.6) is 0 Å². The molecule has 60 valence electrons. The molecule has 0 aromatic carbocycles. The smallest absolute Gasteiger partial charge is 0.0951 e. The largest absolute Gasteiger partial charge is 0.329 e. The Balaban J connectivity index is 2.20. The number of aromatic nitrogens is 2. The quantitative estimate of drug-likeness (QED) is 0.706. The SMILES string of the molecule is NCc1cncn1C1CSC1. The Hall–Kier alpha value is -0.480. The molecule has 2 N–H and O–H groups in total. The van der Waals surface area contributed by atoms with Crippen molar-refractivity contribution >= 4 is 11.8 Å². The average molecular weight is 169 g/mol. The molecule has 4 heteroatoms. The summed E-state index contributed by atoms with van der Waals surface area (Å²) in [5.74, 6) is 2.42. The van der Waals surface area contributed by atoms with Gasteiger partial charge in [-0.05, 0) is 0 Å². The second-order valence-electron chi connectivity index (χ2n) is 2.69. The van der Waals surface area contributed by atoms with Crippen molar-refractivity contribution < 1.29 is 0 Å². The molecule has 0 unspecified atom stereocenters. The van der Waals surface area contributed by atoms with Gasteiger partial charge < -0.3 is 10.3 Å². The topological polar surface area (TPSA) is 43.8 Å². The van der Waals surface area contributed by atoms with Gasteiger partial charge in [-0.15, -0.1) is 0 Å². The van der Waals surface area contributed by atoms with E-state index in [9.17, 15) is 0 Å². The molecule has 0 spiro atoms. The predicted molar refractivity (Wildman–Crippen MR) is 46.5 cm³/mol. The Morgan fingerprint density at radius 3 is 3.09 bits per heavy atom.